The fraction of sp³-hybridized carbons (Fsp3) is 0.944. The van der Waals surface area contributed by atoms with Gasteiger partial charge in [0.05, 0.1) is 6.17 Å². The molecule has 3 rings (SSSR count). The van der Waals surface area contributed by atoms with Crippen molar-refractivity contribution < 1.29 is 4.79 Å². The maximum atomic E-state index is 12.1. The number of carbonyl (C=O) groups excluding carboxylic acids is 1. The maximum absolute atomic E-state index is 12.1. The molecule has 3 aliphatic rings. The molecule has 7 nitrogen and oxygen atoms in total. The van der Waals surface area contributed by atoms with Gasteiger partial charge in [0.1, 0.15) is 5.50 Å². The molecule has 0 spiro atoms. The van der Waals surface area contributed by atoms with Crippen LogP contribution in [0, 0.1) is 11.8 Å². The predicted molar refractivity (Wildman–Crippen MR) is 108 cm³/mol. The molecule has 3 saturated heterocycles. The summed E-state index contributed by atoms with van der Waals surface area (Å²) < 4.78 is 0. The first kappa shape index (κ1) is 20.2. The number of carbonyl (C=O) groups is 1. The van der Waals surface area contributed by atoms with Gasteiger partial charge in [-0.3, -0.25) is 5.32 Å². The predicted octanol–water partition coefficient (Wildman–Crippen LogP) is 0.599. The summed E-state index contributed by atoms with van der Waals surface area (Å²) in [7, 11) is 0. The zero-order valence-electron chi connectivity index (χ0n) is 16.0. The van der Waals surface area contributed by atoms with Gasteiger partial charge in [-0.15, -0.1) is 11.8 Å². The van der Waals surface area contributed by atoms with Gasteiger partial charge >= 0.3 is 6.03 Å². The molecule has 6 N–H and O–H groups in total. The highest BCUT2D eigenvalue weighted by atomic mass is 32.2. The maximum Gasteiger partial charge on any atom is 0.316 e. The summed E-state index contributed by atoms with van der Waals surface area (Å²) in [5.74, 6) is 2.55. The van der Waals surface area contributed by atoms with Crippen molar-refractivity contribution in [2.45, 2.75) is 56.7 Å². The Morgan fingerprint density at radius 3 is 2.88 bits per heavy atom. The molecule has 26 heavy (non-hydrogen) atoms. The zero-order valence-corrected chi connectivity index (χ0v) is 16.8. The molecule has 3 fully saturated rings. The lowest BCUT2D eigenvalue weighted by Crippen LogP contribution is -2.50. The van der Waals surface area contributed by atoms with E-state index in [1.807, 2.05) is 0 Å². The van der Waals surface area contributed by atoms with E-state index in [2.05, 4.69) is 38.8 Å². The van der Waals surface area contributed by atoms with E-state index in [4.69, 9.17) is 0 Å². The summed E-state index contributed by atoms with van der Waals surface area (Å²) in [6.45, 7) is 7.26. The molecule has 0 aromatic carbocycles. The van der Waals surface area contributed by atoms with Crippen molar-refractivity contribution in [3.05, 3.63) is 0 Å². The van der Waals surface area contributed by atoms with Crippen LogP contribution in [-0.2, 0) is 0 Å². The average Bonchev–Trinajstić information content (AvgIpc) is 3.12. The number of rotatable bonds is 7. The van der Waals surface area contributed by atoms with Crippen LogP contribution < -0.4 is 31.9 Å². The van der Waals surface area contributed by atoms with Gasteiger partial charge in [0.15, 0.2) is 0 Å². The number of nitrogens with one attached hydrogen (secondary N) is 6. The minimum absolute atomic E-state index is 0.0356. The summed E-state index contributed by atoms with van der Waals surface area (Å²) in [5, 5.41) is 20.1. The SMILES string of the molecule is CC1CCC(NCCCNC(=O)NC2NC(C3CCCNC3)CS2)NC1. The number of hydrogen-bond acceptors (Lipinski definition) is 6. The topological polar surface area (TPSA) is 89.2 Å². The fourth-order valence-corrected chi connectivity index (χ4v) is 5.21. The largest absolute Gasteiger partial charge is 0.338 e. The van der Waals surface area contributed by atoms with Crippen molar-refractivity contribution in [1.29, 1.82) is 0 Å². The second kappa shape index (κ2) is 10.7. The quantitative estimate of drug-likeness (QED) is 0.360. The second-order valence-electron chi connectivity index (χ2n) is 7.94. The molecule has 0 radical (unpaired) electrons. The Kier molecular flexibility index (Phi) is 8.32. The molecule has 0 aromatic rings. The van der Waals surface area contributed by atoms with Gasteiger partial charge in [0, 0.05) is 18.3 Å². The molecule has 5 atom stereocenters. The summed E-state index contributed by atoms with van der Waals surface area (Å²) in [6.07, 6.45) is 6.40. The van der Waals surface area contributed by atoms with Crippen LogP contribution >= 0.6 is 11.8 Å². The standard InChI is InChI=1S/C18H36N6OS/c1-13-5-6-16(22-10-13)20-8-3-9-21-17(25)24-18-23-15(12-26-18)14-4-2-7-19-11-14/h13-16,18-20,22-23H,2-12H2,1H3,(H2,21,24,25). The number of thioether (sulfide) groups is 1. The van der Waals surface area contributed by atoms with Crippen molar-refractivity contribution in [2.75, 3.05) is 38.5 Å². The Morgan fingerprint density at radius 2 is 2.12 bits per heavy atom. The van der Waals surface area contributed by atoms with Crippen LogP contribution in [0.5, 0.6) is 0 Å². The van der Waals surface area contributed by atoms with Gasteiger partial charge < -0.3 is 26.6 Å². The smallest absolute Gasteiger partial charge is 0.316 e. The summed E-state index contributed by atoms with van der Waals surface area (Å²) in [6, 6.07) is 0.440. The zero-order chi connectivity index (χ0) is 18.2. The van der Waals surface area contributed by atoms with Crippen LogP contribution in [0.1, 0.15) is 39.0 Å². The highest BCUT2D eigenvalue weighted by Gasteiger charge is 2.31. The molecule has 8 heteroatoms. The van der Waals surface area contributed by atoms with Crippen LogP contribution in [0.4, 0.5) is 4.79 Å². The van der Waals surface area contributed by atoms with Crippen LogP contribution in [0.25, 0.3) is 0 Å². The third-order valence-corrected chi connectivity index (χ3v) is 6.80. The average molecular weight is 385 g/mol. The molecule has 0 aliphatic carbocycles. The molecule has 2 amide bonds. The van der Waals surface area contributed by atoms with E-state index in [-0.39, 0.29) is 11.5 Å². The molecule has 0 bridgehead atoms. The van der Waals surface area contributed by atoms with Crippen molar-refractivity contribution >= 4 is 17.8 Å². The second-order valence-corrected chi connectivity index (χ2v) is 9.08. The minimum Gasteiger partial charge on any atom is -0.338 e. The molecule has 5 unspecified atom stereocenters. The van der Waals surface area contributed by atoms with Gasteiger partial charge in [-0.1, -0.05) is 6.92 Å². The van der Waals surface area contributed by atoms with Gasteiger partial charge in [-0.2, -0.15) is 0 Å². The van der Waals surface area contributed by atoms with Crippen molar-refractivity contribution in [2.24, 2.45) is 11.8 Å². The number of amides is 2. The molecular weight excluding hydrogens is 348 g/mol. The first-order valence-corrected chi connectivity index (χ1v) is 11.3. The van der Waals surface area contributed by atoms with E-state index in [1.54, 1.807) is 11.8 Å². The van der Waals surface area contributed by atoms with E-state index in [9.17, 15) is 4.79 Å². The van der Waals surface area contributed by atoms with E-state index in [1.165, 1.54) is 25.7 Å². The first-order chi connectivity index (χ1) is 12.7. The Labute approximate surface area is 162 Å². The van der Waals surface area contributed by atoms with Crippen LogP contribution in [-0.4, -0.2) is 62.2 Å². The molecule has 150 valence electrons. The van der Waals surface area contributed by atoms with Crippen molar-refractivity contribution in [1.82, 2.24) is 31.9 Å². The van der Waals surface area contributed by atoms with E-state index >= 15 is 0 Å². The van der Waals surface area contributed by atoms with E-state index in [0.29, 0.717) is 24.7 Å². The highest BCUT2D eigenvalue weighted by Crippen LogP contribution is 2.25. The van der Waals surface area contributed by atoms with Gasteiger partial charge in [0.25, 0.3) is 0 Å². The fourth-order valence-electron chi connectivity index (χ4n) is 3.98. The van der Waals surface area contributed by atoms with Crippen LogP contribution in [0.15, 0.2) is 0 Å². The van der Waals surface area contributed by atoms with Gasteiger partial charge in [-0.05, 0) is 70.1 Å². The van der Waals surface area contributed by atoms with Gasteiger partial charge in [-0.25, -0.2) is 4.79 Å². The van der Waals surface area contributed by atoms with Crippen molar-refractivity contribution in [3.8, 4) is 0 Å². The minimum atomic E-state index is -0.0676. The lowest BCUT2D eigenvalue weighted by Gasteiger charge is -2.28. The Balaban J connectivity index is 1.21. The molecule has 0 aromatic heterocycles. The molecule has 0 saturated carbocycles. The normalized spacial score (nSPS) is 35.2. The molecular formula is C18H36N6OS. The number of piperidine rings is 2. The monoisotopic (exact) mass is 384 g/mol. The summed E-state index contributed by atoms with van der Waals surface area (Å²) >= 11 is 1.80. The first-order valence-electron chi connectivity index (χ1n) is 10.3. The molecule has 3 heterocycles. The lowest BCUT2D eigenvalue weighted by atomic mass is 9.93. The summed E-state index contributed by atoms with van der Waals surface area (Å²) in [5.41, 5.74) is 0.0356. The number of urea groups is 1. The Bertz CT molecular complexity index is 426. The van der Waals surface area contributed by atoms with Crippen LogP contribution in [0.2, 0.25) is 0 Å². The van der Waals surface area contributed by atoms with E-state index in [0.717, 1.165) is 44.3 Å². The summed E-state index contributed by atoms with van der Waals surface area (Å²) in [4.78, 5) is 12.1. The molecule has 3 aliphatic heterocycles. The van der Waals surface area contributed by atoms with Gasteiger partial charge in [0.2, 0.25) is 0 Å². The third kappa shape index (κ3) is 6.56. The van der Waals surface area contributed by atoms with Crippen LogP contribution in [0.3, 0.4) is 0 Å². The van der Waals surface area contributed by atoms with E-state index < -0.39 is 0 Å². The Morgan fingerprint density at radius 1 is 1.19 bits per heavy atom. The Hall–Kier alpha value is -0.540. The lowest BCUT2D eigenvalue weighted by molar-refractivity contribution is 0.236. The van der Waals surface area contributed by atoms with Crippen molar-refractivity contribution in [3.63, 3.8) is 0 Å². The number of hydrogen-bond donors (Lipinski definition) is 6. The third-order valence-electron chi connectivity index (χ3n) is 5.66. The highest BCUT2D eigenvalue weighted by molar-refractivity contribution is 8.00.